The lowest BCUT2D eigenvalue weighted by molar-refractivity contribution is -0.136. The van der Waals surface area contributed by atoms with Crippen LogP contribution in [0.4, 0.5) is 0 Å². The highest BCUT2D eigenvalue weighted by Gasteiger charge is 2.26. The van der Waals surface area contributed by atoms with Crippen LogP contribution in [0, 0.1) is 13.8 Å². The first kappa shape index (κ1) is 18.0. The lowest BCUT2D eigenvalue weighted by Gasteiger charge is -2.07. The van der Waals surface area contributed by atoms with Crippen molar-refractivity contribution in [1.29, 1.82) is 0 Å². The number of hydrogen-bond acceptors (Lipinski definition) is 4. The zero-order chi connectivity index (χ0) is 18.7. The first-order valence-electron chi connectivity index (χ1n) is 8.70. The molecule has 5 heteroatoms. The molecule has 26 heavy (non-hydrogen) atoms. The van der Waals surface area contributed by atoms with Crippen LogP contribution in [0.3, 0.4) is 0 Å². The molecule has 2 aromatic rings. The minimum absolute atomic E-state index is 0.295. The zero-order valence-corrected chi connectivity index (χ0v) is 15.3. The molecular weight excluding hydrogens is 330 g/mol. The van der Waals surface area contributed by atoms with Crippen molar-refractivity contribution in [3.05, 3.63) is 58.9 Å². The summed E-state index contributed by atoms with van der Waals surface area (Å²) in [5.41, 5.74) is 3.76. The minimum Gasteiger partial charge on any atom is -0.496 e. The highest BCUT2D eigenvalue weighted by Crippen LogP contribution is 2.38. The van der Waals surface area contributed by atoms with Gasteiger partial charge in [-0.1, -0.05) is 12.1 Å². The van der Waals surface area contributed by atoms with Gasteiger partial charge in [0.05, 0.1) is 12.7 Å². The third-order valence-electron chi connectivity index (χ3n) is 4.59. The van der Waals surface area contributed by atoms with Gasteiger partial charge >= 0.3 is 5.97 Å². The fourth-order valence-electron chi connectivity index (χ4n) is 3.16. The predicted octanol–water partition coefficient (Wildman–Crippen LogP) is 3.89. The monoisotopic (exact) mass is 353 g/mol. The fourth-order valence-corrected chi connectivity index (χ4v) is 3.16. The number of nitrogens with zero attached hydrogens (tertiary/aromatic N) is 1. The Bertz CT molecular complexity index is 859. The van der Waals surface area contributed by atoms with Crippen LogP contribution in [0.2, 0.25) is 0 Å². The number of ketones is 1. The Balaban J connectivity index is 1.60. The van der Waals surface area contributed by atoms with Crippen LogP contribution in [0.25, 0.3) is 6.08 Å². The van der Waals surface area contributed by atoms with Crippen molar-refractivity contribution < 1.29 is 19.1 Å². The van der Waals surface area contributed by atoms with Crippen molar-refractivity contribution >= 4 is 17.8 Å². The SMILES string of the molecule is COc1ccccc1C(=O)COC(=O)/C=C/c1cc(C)n(C2CC2)c1C. The number of aromatic nitrogens is 1. The van der Waals surface area contributed by atoms with E-state index in [0.717, 1.165) is 11.3 Å². The maximum absolute atomic E-state index is 12.2. The molecule has 3 rings (SSSR count). The Morgan fingerprint density at radius 1 is 1.23 bits per heavy atom. The van der Waals surface area contributed by atoms with E-state index in [-0.39, 0.29) is 12.4 Å². The summed E-state index contributed by atoms with van der Waals surface area (Å²) < 4.78 is 12.5. The summed E-state index contributed by atoms with van der Waals surface area (Å²) in [7, 11) is 1.50. The third-order valence-corrected chi connectivity index (χ3v) is 4.59. The highest BCUT2D eigenvalue weighted by atomic mass is 16.5. The summed E-state index contributed by atoms with van der Waals surface area (Å²) in [6.07, 6.45) is 5.55. The molecule has 1 heterocycles. The van der Waals surface area contributed by atoms with Crippen molar-refractivity contribution in [3.63, 3.8) is 0 Å². The Labute approximate surface area is 153 Å². The van der Waals surface area contributed by atoms with Crippen LogP contribution in [0.15, 0.2) is 36.4 Å². The molecule has 5 nitrogen and oxygen atoms in total. The summed E-state index contributed by atoms with van der Waals surface area (Å²) >= 11 is 0. The number of Topliss-reactive ketones (excluding diaryl/α,β-unsaturated/α-hetero) is 1. The standard InChI is InChI=1S/C21H23NO4/c1-14-12-16(15(2)22(14)17-9-10-17)8-11-21(24)26-13-19(23)18-6-4-5-7-20(18)25-3/h4-8,11-12,17H,9-10,13H2,1-3H3/b11-8+. The molecule has 0 radical (unpaired) electrons. The highest BCUT2D eigenvalue weighted by molar-refractivity contribution is 6.01. The van der Waals surface area contributed by atoms with Crippen molar-refractivity contribution in [1.82, 2.24) is 4.57 Å². The molecule has 1 aliphatic rings. The molecule has 0 N–H and O–H groups in total. The molecular formula is C21H23NO4. The van der Waals surface area contributed by atoms with Crippen LogP contribution in [-0.2, 0) is 9.53 Å². The number of para-hydroxylation sites is 1. The number of ether oxygens (including phenoxy) is 2. The number of benzene rings is 1. The molecule has 1 aromatic carbocycles. The minimum atomic E-state index is -0.538. The fraction of sp³-hybridized carbons (Fsp3) is 0.333. The van der Waals surface area contributed by atoms with E-state index < -0.39 is 5.97 Å². The van der Waals surface area contributed by atoms with Crippen molar-refractivity contribution in [2.75, 3.05) is 13.7 Å². The number of aryl methyl sites for hydroxylation is 1. The topological polar surface area (TPSA) is 57.5 Å². The molecule has 0 saturated heterocycles. The molecule has 0 amide bonds. The number of esters is 1. The van der Waals surface area contributed by atoms with Gasteiger partial charge in [0.25, 0.3) is 0 Å². The van der Waals surface area contributed by atoms with E-state index in [2.05, 4.69) is 24.5 Å². The zero-order valence-electron chi connectivity index (χ0n) is 15.3. The number of carbonyl (C=O) groups excluding carboxylic acids is 2. The van der Waals surface area contributed by atoms with Gasteiger partial charge in [-0.05, 0) is 56.5 Å². The van der Waals surface area contributed by atoms with Crippen LogP contribution in [-0.4, -0.2) is 30.0 Å². The van der Waals surface area contributed by atoms with Gasteiger partial charge in [0.15, 0.2) is 6.61 Å². The normalized spacial score (nSPS) is 13.8. The third kappa shape index (κ3) is 3.87. The Hall–Kier alpha value is -2.82. The van der Waals surface area contributed by atoms with E-state index in [4.69, 9.17) is 9.47 Å². The van der Waals surface area contributed by atoms with E-state index >= 15 is 0 Å². The van der Waals surface area contributed by atoms with Gasteiger partial charge in [0, 0.05) is 23.5 Å². The van der Waals surface area contributed by atoms with Gasteiger partial charge in [-0.15, -0.1) is 0 Å². The second kappa shape index (κ2) is 7.60. The van der Waals surface area contributed by atoms with Crippen molar-refractivity contribution in [2.45, 2.75) is 32.7 Å². The molecule has 0 spiro atoms. The number of carbonyl (C=O) groups is 2. The maximum Gasteiger partial charge on any atom is 0.331 e. The Morgan fingerprint density at radius 2 is 1.96 bits per heavy atom. The average Bonchev–Trinajstić information content (AvgIpc) is 3.43. The predicted molar refractivity (Wildman–Crippen MR) is 99.5 cm³/mol. The van der Waals surface area contributed by atoms with Crippen molar-refractivity contribution in [2.24, 2.45) is 0 Å². The lowest BCUT2D eigenvalue weighted by Crippen LogP contribution is -2.13. The molecule has 1 saturated carbocycles. The van der Waals surface area contributed by atoms with Gasteiger partial charge in [0.1, 0.15) is 5.75 Å². The molecule has 0 atom stereocenters. The van der Waals surface area contributed by atoms with Crippen LogP contribution in [0.5, 0.6) is 5.75 Å². The molecule has 1 fully saturated rings. The molecule has 136 valence electrons. The second-order valence-corrected chi connectivity index (χ2v) is 6.49. The quantitative estimate of drug-likeness (QED) is 0.430. The summed E-state index contributed by atoms with van der Waals surface area (Å²) in [6.45, 7) is 3.82. The molecule has 0 aliphatic heterocycles. The molecule has 0 unspecified atom stereocenters. The van der Waals surface area contributed by atoms with Crippen LogP contribution < -0.4 is 4.74 Å². The lowest BCUT2D eigenvalue weighted by atomic mass is 10.1. The molecule has 1 aromatic heterocycles. The average molecular weight is 353 g/mol. The van der Waals surface area contributed by atoms with E-state index in [1.54, 1.807) is 30.3 Å². The summed E-state index contributed by atoms with van der Waals surface area (Å²) in [6, 6.07) is 9.54. The van der Waals surface area contributed by atoms with Crippen molar-refractivity contribution in [3.8, 4) is 5.75 Å². The van der Waals surface area contributed by atoms with Gasteiger partial charge < -0.3 is 14.0 Å². The summed E-state index contributed by atoms with van der Waals surface area (Å²) in [4.78, 5) is 24.2. The Morgan fingerprint density at radius 3 is 2.65 bits per heavy atom. The van der Waals surface area contributed by atoms with Gasteiger partial charge in [-0.2, -0.15) is 0 Å². The van der Waals surface area contributed by atoms with Crippen LogP contribution >= 0.6 is 0 Å². The number of rotatable bonds is 7. The van der Waals surface area contributed by atoms with Crippen LogP contribution in [0.1, 0.15) is 46.2 Å². The number of hydrogen-bond donors (Lipinski definition) is 0. The smallest absolute Gasteiger partial charge is 0.331 e. The Kier molecular flexibility index (Phi) is 5.26. The summed E-state index contributed by atoms with van der Waals surface area (Å²) in [5, 5.41) is 0. The van der Waals surface area contributed by atoms with E-state index in [0.29, 0.717) is 17.4 Å². The van der Waals surface area contributed by atoms with Gasteiger partial charge in [0.2, 0.25) is 5.78 Å². The van der Waals surface area contributed by atoms with E-state index in [9.17, 15) is 9.59 Å². The molecule has 0 bridgehead atoms. The first-order chi connectivity index (χ1) is 12.5. The number of methoxy groups -OCH3 is 1. The van der Waals surface area contributed by atoms with E-state index in [1.165, 1.54) is 31.7 Å². The second-order valence-electron chi connectivity index (χ2n) is 6.49. The summed E-state index contributed by atoms with van der Waals surface area (Å²) in [5.74, 6) is -0.364. The van der Waals surface area contributed by atoms with Gasteiger partial charge in [-0.25, -0.2) is 4.79 Å². The largest absolute Gasteiger partial charge is 0.496 e. The first-order valence-corrected chi connectivity index (χ1v) is 8.70. The maximum atomic E-state index is 12.2. The molecule has 1 aliphatic carbocycles. The van der Waals surface area contributed by atoms with Gasteiger partial charge in [-0.3, -0.25) is 4.79 Å². The van der Waals surface area contributed by atoms with E-state index in [1.807, 2.05) is 0 Å².